The van der Waals surface area contributed by atoms with Crippen molar-refractivity contribution in [3.8, 4) is 11.8 Å². The summed E-state index contributed by atoms with van der Waals surface area (Å²) in [5, 5.41) is 14.5. The van der Waals surface area contributed by atoms with Gasteiger partial charge >= 0.3 is 6.18 Å². The molecular weight excluding hydrogens is 561 g/mol. The van der Waals surface area contributed by atoms with Gasteiger partial charge in [0.2, 0.25) is 11.8 Å². The Kier molecular flexibility index (Phi) is 6.26. The number of carbonyl (C=O) groups is 2. The predicted octanol–water partition coefficient (Wildman–Crippen LogP) is 2.80. The van der Waals surface area contributed by atoms with Gasteiger partial charge in [-0.05, 0) is 64.2 Å². The molecule has 10 nitrogen and oxygen atoms in total. The summed E-state index contributed by atoms with van der Waals surface area (Å²) < 4.78 is 70.1. The van der Waals surface area contributed by atoms with Crippen LogP contribution in [0, 0.1) is 30.6 Å². The second-order valence-electron chi connectivity index (χ2n) is 10.4. The summed E-state index contributed by atoms with van der Waals surface area (Å²) in [5.41, 5.74) is -3.34. The Hall–Kier alpha value is -3.18. The number of aromatic nitrogens is 3. The lowest BCUT2D eigenvalue weighted by atomic mass is 10.0. The van der Waals surface area contributed by atoms with Gasteiger partial charge in [-0.3, -0.25) is 9.59 Å². The van der Waals surface area contributed by atoms with E-state index in [1.54, 1.807) is 13.8 Å². The maximum Gasteiger partial charge on any atom is 0.403 e. The third kappa shape index (κ3) is 4.55. The van der Waals surface area contributed by atoms with Crippen LogP contribution in [0.4, 0.5) is 13.2 Å². The topological polar surface area (TPSA) is 138 Å². The molecule has 15 heteroatoms. The maximum atomic E-state index is 13.8. The normalized spacial score (nSPS) is 23.3. The number of likely N-dealkylation sites (tertiary alicyclic amines) is 1. The zero-order valence-electron chi connectivity index (χ0n) is 20.9. The maximum absolute atomic E-state index is 13.8. The zero-order valence-corrected chi connectivity index (χ0v) is 22.5. The number of amides is 2. The molecule has 5 rings (SSSR count). The molecule has 0 radical (unpaired) electrons. The van der Waals surface area contributed by atoms with E-state index in [1.807, 2.05) is 6.07 Å². The highest BCUT2D eigenvalue weighted by Crippen LogP contribution is 2.59. The molecule has 3 aliphatic rings. The fourth-order valence-electron chi connectivity index (χ4n) is 5.02. The first-order chi connectivity index (χ1) is 18.1. The molecule has 1 unspecified atom stereocenters. The van der Waals surface area contributed by atoms with Crippen LogP contribution >= 0.6 is 11.6 Å². The molecule has 1 aromatic carbocycles. The number of rotatable bonds is 6. The van der Waals surface area contributed by atoms with Gasteiger partial charge in [0.05, 0.1) is 26.9 Å². The van der Waals surface area contributed by atoms with Crippen molar-refractivity contribution in [1.82, 2.24) is 25.0 Å². The van der Waals surface area contributed by atoms with Crippen molar-refractivity contribution in [3.63, 3.8) is 0 Å². The van der Waals surface area contributed by atoms with Gasteiger partial charge in [0.15, 0.2) is 9.84 Å². The Bertz CT molecular complexity index is 1520. The standard InChI is InChI=1S/C24H24ClF3N6O4S/c1-13-30-14(2)34(32-13)15-3-4-19(17(25)9-15)39(37,38)16-10-18(20(35)31-22(12-29)5-6-22)33(11-16)21(36)23(7-8-23)24(26,27)28/h3-4,9,16,18H,5-8,10-11H2,1-2H3,(H,31,35)/t16?,18-/m0/s1. The van der Waals surface area contributed by atoms with E-state index in [4.69, 9.17) is 11.6 Å². The molecule has 0 spiro atoms. The molecule has 0 bridgehead atoms. The van der Waals surface area contributed by atoms with Crippen molar-refractivity contribution in [2.45, 2.75) is 73.9 Å². The van der Waals surface area contributed by atoms with Crippen LogP contribution in [0.25, 0.3) is 5.69 Å². The quantitative estimate of drug-likeness (QED) is 0.551. The number of benzene rings is 1. The van der Waals surface area contributed by atoms with Gasteiger partial charge in [-0.15, -0.1) is 0 Å². The third-order valence-electron chi connectivity index (χ3n) is 7.63. The van der Waals surface area contributed by atoms with Crippen LogP contribution in [0.1, 0.15) is 43.8 Å². The molecule has 2 amide bonds. The van der Waals surface area contributed by atoms with Crippen molar-refractivity contribution >= 4 is 33.3 Å². The summed E-state index contributed by atoms with van der Waals surface area (Å²) in [5.74, 6) is -1.14. The Morgan fingerprint density at radius 1 is 1.21 bits per heavy atom. The van der Waals surface area contributed by atoms with Crippen LogP contribution < -0.4 is 5.32 Å². The van der Waals surface area contributed by atoms with E-state index in [9.17, 15) is 36.4 Å². The van der Waals surface area contributed by atoms with Gasteiger partial charge < -0.3 is 10.2 Å². The number of hydrogen-bond donors (Lipinski definition) is 1. The van der Waals surface area contributed by atoms with Crippen molar-refractivity contribution in [2.24, 2.45) is 5.41 Å². The first-order valence-electron chi connectivity index (χ1n) is 12.2. The van der Waals surface area contributed by atoms with Gasteiger partial charge in [-0.25, -0.2) is 18.1 Å². The molecule has 1 aliphatic heterocycles. The molecule has 2 atom stereocenters. The van der Waals surface area contributed by atoms with Crippen LogP contribution in [0.3, 0.4) is 0 Å². The van der Waals surface area contributed by atoms with Gasteiger partial charge in [0.25, 0.3) is 0 Å². The number of carbonyl (C=O) groups excluding carboxylic acids is 2. The van der Waals surface area contributed by atoms with E-state index >= 15 is 0 Å². The number of halogens is 4. The molecule has 1 N–H and O–H groups in total. The molecule has 2 aliphatic carbocycles. The van der Waals surface area contributed by atoms with E-state index in [1.165, 1.54) is 22.9 Å². The summed E-state index contributed by atoms with van der Waals surface area (Å²) >= 11 is 6.37. The smallest absolute Gasteiger partial charge is 0.336 e. The van der Waals surface area contributed by atoms with Gasteiger partial charge in [-0.1, -0.05) is 11.6 Å². The fourth-order valence-corrected chi connectivity index (χ4v) is 7.26. The van der Waals surface area contributed by atoms with Gasteiger partial charge in [0.1, 0.15) is 28.6 Å². The number of nitrogens with one attached hydrogen (secondary N) is 1. The molecule has 208 valence electrons. The Morgan fingerprint density at radius 2 is 1.87 bits per heavy atom. The lowest BCUT2D eigenvalue weighted by molar-refractivity contribution is -0.199. The average molecular weight is 585 g/mol. The minimum Gasteiger partial charge on any atom is -0.336 e. The van der Waals surface area contributed by atoms with Crippen molar-refractivity contribution < 1.29 is 31.2 Å². The molecule has 39 heavy (non-hydrogen) atoms. The number of nitriles is 1. The van der Waals surface area contributed by atoms with Crippen molar-refractivity contribution in [2.75, 3.05) is 6.54 Å². The van der Waals surface area contributed by atoms with E-state index in [2.05, 4.69) is 15.4 Å². The minimum absolute atomic E-state index is 0.152. The van der Waals surface area contributed by atoms with E-state index in [-0.39, 0.29) is 9.92 Å². The lowest BCUT2D eigenvalue weighted by Crippen LogP contribution is -2.53. The number of hydrogen-bond acceptors (Lipinski definition) is 7. The second-order valence-corrected chi connectivity index (χ2v) is 13.0. The highest BCUT2D eigenvalue weighted by Gasteiger charge is 2.70. The largest absolute Gasteiger partial charge is 0.403 e. The van der Waals surface area contributed by atoms with Crippen LogP contribution in [-0.2, 0) is 19.4 Å². The molecule has 3 fully saturated rings. The molecular formula is C24H24ClF3N6O4S. The summed E-state index contributed by atoms with van der Waals surface area (Å²) in [6.45, 7) is 2.78. The zero-order chi connectivity index (χ0) is 28.5. The van der Waals surface area contributed by atoms with Crippen LogP contribution in [0.5, 0.6) is 0 Å². The van der Waals surface area contributed by atoms with Crippen LogP contribution in [0.15, 0.2) is 23.1 Å². The summed E-state index contributed by atoms with van der Waals surface area (Å²) in [6, 6.07) is 4.58. The molecule has 1 saturated heterocycles. The van der Waals surface area contributed by atoms with Crippen LogP contribution in [-0.4, -0.2) is 69.4 Å². The number of alkyl halides is 3. The van der Waals surface area contributed by atoms with E-state index in [0.717, 1.165) is 4.90 Å². The fraction of sp³-hybridized carbons (Fsp3) is 0.542. The van der Waals surface area contributed by atoms with Crippen molar-refractivity contribution in [3.05, 3.63) is 34.9 Å². The van der Waals surface area contributed by atoms with Crippen LogP contribution in [0.2, 0.25) is 5.02 Å². The summed E-state index contributed by atoms with van der Waals surface area (Å²) in [4.78, 5) is 30.9. The molecule has 2 saturated carbocycles. The highest BCUT2D eigenvalue weighted by atomic mass is 35.5. The first kappa shape index (κ1) is 27.4. The van der Waals surface area contributed by atoms with Crippen molar-refractivity contribution in [1.29, 1.82) is 5.26 Å². The minimum atomic E-state index is -4.84. The predicted molar refractivity (Wildman–Crippen MR) is 130 cm³/mol. The Labute approximate surface area is 227 Å². The Morgan fingerprint density at radius 3 is 2.36 bits per heavy atom. The highest BCUT2D eigenvalue weighted by molar-refractivity contribution is 7.92. The monoisotopic (exact) mass is 584 g/mol. The number of nitrogens with zero attached hydrogens (tertiary/aromatic N) is 5. The second kappa shape index (κ2) is 8.92. The van der Waals surface area contributed by atoms with E-state index < -0.39 is 75.9 Å². The lowest BCUT2D eigenvalue weighted by Gasteiger charge is -2.29. The first-order valence-corrected chi connectivity index (χ1v) is 14.1. The average Bonchev–Trinajstić information content (AvgIpc) is 3.75. The molecule has 2 heterocycles. The SMILES string of the molecule is Cc1nc(C)n(-c2ccc(S(=O)(=O)C3C[C@@H](C(=O)NC4(C#N)CC4)N(C(=O)C4(C(F)(F)F)CC4)C3)c(Cl)c2)n1. The Balaban J connectivity index is 1.46. The molecule has 1 aromatic heterocycles. The summed E-state index contributed by atoms with van der Waals surface area (Å²) in [7, 11) is -4.30. The van der Waals surface area contributed by atoms with Gasteiger partial charge in [0, 0.05) is 6.54 Å². The molecule has 2 aromatic rings. The van der Waals surface area contributed by atoms with Gasteiger partial charge in [-0.2, -0.15) is 23.5 Å². The van der Waals surface area contributed by atoms with E-state index in [0.29, 0.717) is 30.2 Å². The summed E-state index contributed by atoms with van der Waals surface area (Å²) in [6.07, 6.45) is -5.44. The number of aryl methyl sites for hydroxylation is 2. The number of sulfone groups is 1. The third-order valence-corrected chi connectivity index (χ3v) is 10.2.